The van der Waals surface area contributed by atoms with Crippen LogP contribution in [-0.4, -0.2) is 33.7 Å². The average molecular weight is 347 g/mol. The number of halogens is 2. The molecule has 2 aromatic rings. The van der Waals surface area contributed by atoms with Crippen molar-refractivity contribution in [1.82, 2.24) is 14.8 Å². The van der Waals surface area contributed by atoms with E-state index in [0.29, 0.717) is 41.2 Å². The first-order valence-electron chi connectivity index (χ1n) is 6.43. The monoisotopic (exact) mass is 346 g/mol. The molecule has 0 aliphatic rings. The highest BCUT2D eigenvalue weighted by atomic mass is 35.5. The van der Waals surface area contributed by atoms with Gasteiger partial charge in [-0.25, -0.2) is 0 Å². The van der Waals surface area contributed by atoms with E-state index in [1.54, 1.807) is 30.0 Å². The van der Waals surface area contributed by atoms with Crippen molar-refractivity contribution in [2.75, 3.05) is 18.9 Å². The summed E-state index contributed by atoms with van der Waals surface area (Å²) in [7, 11) is 0. The van der Waals surface area contributed by atoms with Crippen LogP contribution >= 0.6 is 35.0 Å². The maximum atomic E-state index is 6.04. The largest absolute Gasteiger partial charge is 0.490 e. The highest BCUT2D eigenvalue weighted by Gasteiger charge is 2.10. The second-order valence-corrected chi connectivity index (χ2v) is 6.09. The molecule has 2 rings (SSSR count). The van der Waals surface area contributed by atoms with Crippen LogP contribution in [0.15, 0.2) is 23.4 Å². The highest BCUT2D eigenvalue weighted by Crippen LogP contribution is 2.32. The maximum absolute atomic E-state index is 6.04. The van der Waals surface area contributed by atoms with Crippen LogP contribution in [0.4, 0.5) is 0 Å². The molecular formula is C13H16Cl2N4OS. The Kier molecular flexibility index (Phi) is 6.17. The summed E-state index contributed by atoms with van der Waals surface area (Å²) >= 11 is 13.6. The van der Waals surface area contributed by atoms with Crippen molar-refractivity contribution in [3.05, 3.63) is 34.1 Å². The number of nitrogens with zero attached hydrogens (tertiary/aromatic N) is 3. The van der Waals surface area contributed by atoms with Gasteiger partial charge in [-0.15, -0.1) is 10.2 Å². The Hall–Kier alpha value is -0.950. The van der Waals surface area contributed by atoms with Crippen LogP contribution in [0.2, 0.25) is 10.0 Å². The smallest absolute Gasteiger partial charge is 0.191 e. The van der Waals surface area contributed by atoms with Crippen LogP contribution in [0.25, 0.3) is 0 Å². The van der Waals surface area contributed by atoms with Gasteiger partial charge in [0.1, 0.15) is 5.82 Å². The summed E-state index contributed by atoms with van der Waals surface area (Å²) < 4.78 is 7.62. The molecule has 2 N–H and O–H groups in total. The van der Waals surface area contributed by atoms with Gasteiger partial charge in [0.2, 0.25) is 0 Å². The van der Waals surface area contributed by atoms with Crippen LogP contribution in [0, 0.1) is 6.92 Å². The lowest BCUT2D eigenvalue weighted by Gasteiger charge is -2.10. The zero-order chi connectivity index (χ0) is 15.2. The number of ether oxygens (including phenoxy) is 1. The molecule has 0 bridgehead atoms. The van der Waals surface area contributed by atoms with E-state index in [1.165, 1.54) is 0 Å². The van der Waals surface area contributed by atoms with Gasteiger partial charge in [-0.3, -0.25) is 0 Å². The predicted molar refractivity (Wildman–Crippen MR) is 86.5 cm³/mol. The molecule has 21 heavy (non-hydrogen) atoms. The molecule has 0 saturated heterocycles. The first-order chi connectivity index (χ1) is 10.1. The normalized spacial score (nSPS) is 10.9. The van der Waals surface area contributed by atoms with Gasteiger partial charge in [0, 0.05) is 18.8 Å². The van der Waals surface area contributed by atoms with Crippen molar-refractivity contribution < 1.29 is 4.74 Å². The number of nitrogens with two attached hydrogens (primary N) is 1. The number of hydrogen-bond acceptors (Lipinski definition) is 5. The summed E-state index contributed by atoms with van der Waals surface area (Å²) in [5.41, 5.74) is 5.58. The summed E-state index contributed by atoms with van der Waals surface area (Å²) in [6.45, 7) is 3.64. The third-order valence-electron chi connectivity index (χ3n) is 2.73. The Morgan fingerprint density at radius 3 is 2.67 bits per heavy atom. The molecular weight excluding hydrogens is 331 g/mol. The molecule has 0 aliphatic carbocycles. The molecule has 1 heterocycles. The van der Waals surface area contributed by atoms with Gasteiger partial charge in [-0.05, 0) is 19.1 Å². The van der Waals surface area contributed by atoms with Gasteiger partial charge >= 0.3 is 0 Å². The van der Waals surface area contributed by atoms with E-state index < -0.39 is 0 Å². The van der Waals surface area contributed by atoms with Crippen molar-refractivity contribution in [1.29, 1.82) is 0 Å². The van der Waals surface area contributed by atoms with Gasteiger partial charge in [-0.1, -0.05) is 41.0 Å². The second-order valence-electron chi connectivity index (χ2n) is 4.22. The Labute approximate surface area is 137 Å². The minimum absolute atomic E-state index is 0.475. The zero-order valence-electron chi connectivity index (χ0n) is 11.6. The lowest BCUT2D eigenvalue weighted by molar-refractivity contribution is 0.344. The fourth-order valence-corrected chi connectivity index (χ4v) is 3.09. The second kappa shape index (κ2) is 7.89. The fraction of sp³-hybridized carbons (Fsp3) is 0.385. The van der Waals surface area contributed by atoms with Gasteiger partial charge in [0.25, 0.3) is 0 Å². The molecule has 0 aliphatic heterocycles. The van der Waals surface area contributed by atoms with E-state index in [0.717, 1.165) is 11.0 Å². The number of aromatic nitrogens is 3. The van der Waals surface area contributed by atoms with Crippen LogP contribution in [0.1, 0.15) is 5.82 Å². The lowest BCUT2D eigenvalue weighted by atomic mass is 10.3. The topological polar surface area (TPSA) is 66.0 Å². The maximum Gasteiger partial charge on any atom is 0.191 e. The molecule has 5 nitrogen and oxygen atoms in total. The molecule has 1 aromatic carbocycles. The van der Waals surface area contributed by atoms with Crippen molar-refractivity contribution in [3.8, 4) is 5.75 Å². The van der Waals surface area contributed by atoms with Crippen molar-refractivity contribution in [2.24, 2.45) is 5.73 Å². The summed E-state index contributed by atoms with van der Waals surface area (Å²) in [5.74, 6) is 2.09. The minimum atomic E-state index is 0.475. The molecule has 8 heteroatoms. The summed E-state index contributed by atoms with van der Waals surface area (Å²) in [4.78, 5) is 0. The minimum Gasteiger partial charge on any atom is -0.490 e. The summed E-state index contributed by atoms with van der Waals surface area (Å²) in [6.07, 6.45) is 0. The number of para-hydroxylation sites is 1. The van der Waals surface area contributed by atoms with Crippen LogP contribution < -0.4 is 10.5 Å². The van der Waals surface area contributed by atoms with E-state index in [1.807, 2.05) is 11.5 Å². The number of thioether (sulfide) groups is 1. The molecule has 0 fully saturated rings. The van der Waals surface area contributed by atoms with Crippen LogP contribution in [-0.2, 0) is 6.54 Å². The fourth-order valence-electron chi connectivity index (χ4n) is 1.75. The van der Waals surface area contributed by atoms with Crippen molar-refractivity contribution in [3.63, 3.8) is 0 Å². The number of hydrogen-bond donors (Lipinski definition) is 1. The van der Waals surface area contributed by atoms with Crippen molar-refractivity contribution >= 4 is 35.0 Å². The molecule has 0 atom stereocenters. The molecule has 1 aromatic heterocycles. The van der Waals surface area contributed by atoms with Gasteiger partial charge < -0.3 is 15.0 Å². The zero-order valence-corrected chi connectivity index (χ0v) is 13.9. The Morgan fingerprint density at radius 2 is 2.00 bits per heavy atom. The molecule has 0 saturated carbocycles. The molecule has 0 spiro atoms. The SMILES string of the molecule is Cc1nnc(SCCOc2c(Cl)cccc2Cl)n1CCN. The standard InChI is InChI=1S/C13H16Cl2N4OS/c1-9-17-18-13(19(9)6-5-16)21-8-7-20-12-10(14)3-2-4-11(12)15/h2-4H,5-8,16H2,1H3. The average Bonchev–Trinajstić information content (AvgIpc) is 2.79. The van der Waals surface area contributed by atoms with E-state index >= 15 is 0 Å². The third kappa shape index (κ3) is 4.26. The van der Waals surface area contributed by atoms with E-state index in [4.69, 9.17) is 33.7 Å². The summed E-state index contributed by atoms with van der Waals surface area (Å²) in [6, 6.07) is 5.28. The first kappa shape index (κ1) is 16.4. The molecule has 0 radical (unpaired) electrons. The first-order valence-corrected chi connectivity index (χ1v) is 8.17. The molecule has 114 valence electrons. The molecule has 0 unspecified atom stereocenters. The van der Waals surface area contributed by atoms with E-state index in [-0.39, 0.29) is 0 Å². The molecule has 0 amide bonds. The van der Waals surface area contributed by atoms with Gasteiger partial charge in [0.05, 0.1) is 16.7 Å². The van der Waals surface area contributed by atoms with Crippen molar-refractivity contribution in [2.45, 2.75) is 18.6 Å². The number of benzene rings is 1. The quantitative estimate of drug-likeness (QED) is 0.616. The summed E-state index contributed by atoms with van der Waals surface area (Å²) in [5, 5.41) is 10.0. The van der Waals surface area contributed by atoms with Gasteiger partial charge in [0.15, 0.2) is 10.9 Å². The number of aryl methyl sites for hydroxylation is 1. The van der Waals surface area contributed by atoms with Crippen LogP contribution in [0.3, 0.4) is 0 Å². The number of rotatable bonds is 7. The Bertz CT molecular complexity index is 586. The Balaban J connectivity index is 1.88. The van der Waals surface area contributed by atoms with Crippen LogP contribution in [0.5, 0.6) is 5.75 Å². The van der Waals surface area contributed by atoms with E-state index in [9.17, 15) is 0 Å². The van der Waals surface area contributed by atoms with Gasteiger partial charge in [-0.2, -0.15) is 0 Å². The predicted octanol–water partition coefficient (Wildman–Crippen LogP) is 3.02. The van der Waals surface area contributed by atoms with E-state index in [2.05, 4.69) is 10.2 Å². The highest BCUT2D eigenvalue weighted by molar-refractivity contribution is 7.99. The Morgan fingerprint density at radius 1 is 1.29 bits per heavy atom. The lowest BCUT2D eigenvalue weighted by Crippen LogP contribution is -2.12. The third-order valence-corrected chi connectivity index (χ3v) is 4.26.